The summed E-state index contributed by atoms with van der Waals surface area (Å²) in [4.78, 5) is 15.8. The molecule has 2 saturated heterocycles. The molecule has 2 aliphatic heterocycles. The molecule has 6 nitrogen and oxygen atoms in total. The number of aromatic nitrogens is 2. The predicted molar refractivity (Wildman–Crippen MR) is 121 cm³/mol. The third-order valence-corrected chi connectivity index (χ3v) is 6.53. The van der Waals surface area contributed by atoms with E-state index >= 15 is 0 Å². The highest BCUT2D eigenvalue weighted by molar-refractivity contribution is 6.05. The minimum absolute atomic E-state index is 0.0731. The number of rotatable bonds is 5. The SMILES string of the molecule is CC(C)n1nc(C(=O)NC2C[C@H]3COC[C@@H](C2)N3Cc2ccccc2)c2ccccc21. The summed E-state index contributed by atoms with van der Waals surface area (Å²) in [7, 11) is 0. The summed E-state index contributed by atoms with van der Waals surface area (Å²) in [6.45, 7) is 6.56. The molecule has 0 radical (unpaired) electrons. The topological polar surface area (TPSA) is 59.4 Å². The van der Waals surface area contributed by atoms with Crippen molar-refractivity contribution >= 4 is 16.8 Å². The molecular weight excluding hydrogens is 388 g/mol. The van der Waals surface area contributed by atoms with Crippen molar-refractivity contribution in [3.8, 4) is 0 Å². The number of para-hydroxylation sites is 1. The highest BCUT2D eigenvalue weighted by Gasteiger charge is 2.39. The van der Waals surface area contributed by atoms with Crippen LogP contribution in [0.3, 0.4) is 0 Å². The minimum Gasteiger partial charge on any atom is -0.378 e. The van der Waals surface area contributed by atoms with Gasteiger partial charge in [0.1, 0.15) is 0 Å². The number of hydrogen-bond acceptors (Lipinski definition) is 4. The summed E-state index contributed by atoms with van der Waals surface area (Å²) in [5.41, 5.74) is 2.86. The Balaban J connectivity index is 1.32. The predicted octanol–water partition coefficient (Wildman–Crippen LogP) is 3.78. The van der Waals surface area contributed by atoms with Gasteiger partial charge >= 0.3 is 0 Å². The highest BCUT2D eigenvalue weighted by atomic mass is 16.5. The standard InChI is InChI=1S/C25H30N4O2/c1-17(2)29-23-11-7-6-10-22(23)24(27-29)25(30)26-19-12-20-15-31-16-21(13-19)28(20)14-18-8-4-3-5-9-18/h3-11,17,19-21H,12-16H2,1-2H3,(H,26,30)/t19?,20-,21+. The largest absolute Gasteiger partial charge is 0.378 e. The molecule has 31 heavy (non-hydrogen) atoms. The normalized spacial score (nSPS) is 23.9. The van der Waals surface area contributed by atoms with Crippen LogP contribution in [0.4, 0.5) is 0 Å². The molecular formula is C25H30N4O2. The maximum Gasteiger partial charge on any atom is 0.272 e. The zero-order valence-corrected chi connectivity index (χ0v) is 18.2. The summed E-state index contributed by atoms with van der Waals surface area (Å²) in [5.74, 6) is -0.0731. The Morgan fingerprint density at radius 2 is 1.74 bits per heavy atom. The Morgan fingerprint density at radius 3 is 2.45 bits per heavy atom. The first-order chi connectivity index (χ1) is 15.1. The Morgan fingerprint density at radius 1 is 1.06 bits per heavy atom. The van der Waals surface area contributed by atoms with Gasteiger partial charge in [-0.15, -0.1) is 0 Å². The quantitative estimate of drug-likeness (QED) is 0.685. The molecule has 1 amide bonds. The van der Waals surface area contributed by atoms with Crippen LogP contribution in [0.1, 0.15) is 48.8 Å². The highest BCUT2D eigenvalue weighted by Crippen LogP contribution is 2.30. The van der Waals surface area contributed by atoms with Crippen LogP contribution in [0.5, 0.6) is 0 Å². The van der Waals surface area contributed by atoms with Crippen LogP contribution < -0.4 is 5.32 Å². The zero-order chi connectivity index (χ0) is 21.4. The summed E-state index contributed by atoms with van der Waals surface area (Å²) in [5, 5.41) is 8.88. The van der Waals surface area contributed by atoms with Crippen LogP contribution in [-0.4, -0.2) is 51.9 Å². The van der Waals surface area contributed by atoms with E-state index in [0.29, 0.717) is 17.8 Å². The van der Waals surface area contributed by atoms with Gasteiger partial charge in [0.2, 0.25) is 0 Å². The number of morpholine rings is 1. The van der Waals surface area contributed by atoms with Gasteiger partial charge in [-0.2, -0.15) is 5.10 Å². The van der Waals surface area contributed by atoms with E-state index in [1.54, 1.807) is 0 Å². The molecule has 1 N–H and O–H groups in total. The fraction of sp³-hybridized carbons (Fsp3) is 0.440. The van der Waals surface area contributed by atoms with E-state index in [4.69, 9.17) is 4.74 Å². The second-order valence-electron chi connectivity index (χ2n) is 9.05. The van der Waals surface area contributed by atoms with E-state index in [-0.39, 0.29) is 18.0 Å². The second-order valence-corrected chi connectivity index (χ2v) is 9.05. The molecule has 5 rings (SSSR count). The van der Waals surface area contributed by atoms with Crippen LogP contribution in [0.2, 0.25) is 0 Å². The number of nitrogens with zero attached hydrogens (tertiary/aromatic N) is 3. The molecule has 3 aromatic rings. The van der Waals surface area contributed by atoms with Crippen molar-refractivity contribution in [2.24, 2.45) is 0 Å². The van der Waals surface area contributed by atoms with E-state index in [9.17, 15) is 4.79 Å². The van der Waals surface area contributed by atoms with E-state index < -0.39 is 0 Å². The molecule has 6 heteroatoms. The molecule has 0 saturated carbocycles. The first-order valence-corrected chi connectivity index (χ1v) is 11.3. The number of fused-ring (bicyclic) bond motifs is 3. The Kier molecular flexibility index (Phi) is 5.50. The van der Waals surface area contributed by atoms with Gasteiger partial charge in [-0.05, 0) is 38.3 Å². The van der Waals surface area contributed by atoms with Crippen molar-refractivity contribution in [3.63, 3.8) is 0 Å². The van der Waals surface area contributed by atoms with Gasteiger partial charge in [0.25, 0.3) is 5.91 Å². The first-order valence-electron chi connectivity index (χ1n) is 11.3. The van der Waals surface area contributed by atoms with Gasteiger partial charge in [0.05, 0.1) is 18.7 Å². The van der Waals surface area contributed by atoms with E-state index in [1.165, 1.54) is 5.56 Å². The number of amides is 1. The molecule has 1 unspecified atom stereocenters. The average Bonchev–Trinajstić information content (AvgIpc) is 3.15. The smallest absolute Gasteiger partial charge is 0.272 e. The van der Waals surface area contributed by atoms with Gasteiger partial charge in [-0.3, -0.25) is 14.4 Å². The zero-order valence-electron chi connectivity index (χ0n) is 18.2. The number of ether oxygens (including phenoxy) is 1. The monoisotopic (exact) mass is 418 g/mol. The summed E-state index contributed by atoms with van der Waals surface area (Å²) < 4.78 is 7.80. The molecule has 3 atom stereocenters. The van der Waals surface area contributed by atoms with Crippen LogP contribution in [0, 0.1) is 0 Å². The van der Waals surface area contributed by atoms with E-state index in [0.717, 1.165) is 43.5 Å². The van der Waals surface area contributed by atoms with Gasteiger partial charge in [-0.1, -0.05) is 48.5 Å². The minimum atomic E-state index is -0.0731. The molecule has 2 aromatic carbocycles. The third-order valence-electron chi connectivity index (χ3n) is 6.53. The Labute approximate surface area is 183 Å². The summed E-state index contributed by atoms with van der Waals surface area (Å²) >= 11 is 0. The van der Waals surface area contributed by atoms with E-state index in [1.807, 2.05) is 28.9 Å². The van der Waals surface area contributed by atoms with Crippen molar-refractivity contribution in [2.75, 3.05) is 13.2 Å². The van der Waals surface area contributed by atoms with Crippen molar-refractivity contribution in [1.82, 2.24) is 20.0 Å². The molecule has 2 bridgehead atoms. The van der Waals surface area contributed by atoms with Gasteiger partial charge < -0.3 is 10.1 Å². The lowest BCUT2D eigenvalue weighted by molar-refractivity contribution is -0.0843. The average molecular weight is 419 g/mol. The van der Waals surface area contributed by atoms with Gasteiger partial charge in [0.15, 0.2) is 5.69 Å². The van der Waals surface area contributed by atoms with Gasteiger partial charge in [0, 0.05) is 36.1 Å². The fourth-order valence-corrected chi connectivity index (χ4v) is 5.06. The third kappa shape index (κ3) is 3.98. The number of carbonyl (C=O) groups excluding carboxylic acids is 1. The lowest BCUT2D eigenvalue weighted by Gasteiger charge is -2.48. The maximum atomic E-state index is 13.2. The first kappa shape index (κ1) is 20.2. The van der Waals surface area contributed by atoms with Crippen LogP contribution >= 0.6 is 0 Å². The Hall–Kier alpha value is -2.70. The molecule has 1 aromatic heterocycles. The molecule has 2 fully saturated rings. The molecule has 0 spiro atoms. The Bertz CT molecular complexity index is 1050. The maximum absolute atomic E-state index is 13.2. The number of carbonyl (C=O) groups is 1. The number of piperidine rings is 1. The number of nitrogens with one attached hydrogen (secondary N) is 1. The van der Waals surface area contributed by atoms with E-state index in [2.05, 4.69) is 59.5 Å². The summed E-state index contributed by atoms with van der Waals surface area (Å²) in [6.07, 6.45) is 1.80. The summed E-state index contributed by atoms with van der Waals surface area (Å²) in [6, 6.07) is 19.6. The fourth-order valence-electron chi connectivity index (χ4n) is 5.06. The molecule has 2 aliphatic rings. The molecule has 0 aliphatic carbocycles. The lowest BCUT2D eigenvalue weighted by Crippen LogP contribution is -2.60. The molecule has 3 heterocycles. The van der Waals surface area contributed by atoms with Crippen LogP contribution in [0.15, 0.2) is 54.6 Å². The van der Waals surface area contributed by atoms with Crippen molar-refractivity contribution < 1.29 is 9.53 Å². The second kappa shape index (κ2) is 8.44. The van der Waals surface area contributed by atoms with Crippen molar-refractivity contribution in [1.29, 1.82) is 0 Å². The van der Waals surface area contributed by atoms with Crippen molar-refractivity contribution in [3.05, 3.63) is 65.9 Å². The van der Waals surface area contributed by atoms with Gasteiger partial charge in [-0.25, -0.2) is 0 Å². The number of benzene rings is 2. The lowest BCUT2D eigenvalue weighted by atomic mass is 9.89. The van der Waals surface area contributed by atoms with Crippen LogP contribution in [-0.2, 0) is 11.3 Å². The number of hydrogen-bond donors (Lipinski definition) is 1. The van der Waals surface area contributed by atoms with Crippen molar-refractivity contribution in [2.45, 2.75) is 57.4 Å². The molecule has 162 valence electrons. The van der Waals surface area contributed by atoms with Crippen LogP contribution in [0.25, 0.3) is 10.9 Å².